The summed E-state index contributed by atoms with van der Waals surface area (Å²) in [6.07, 6.45) is 2.03. The van der Waals surface area contributed by atoms with Crippen molar-refractivity contribution < 1.29 is 4.79 Å². The highest BCUT2D eigenvalue weighted by molar-refractivity contribution is 5.94. The molecule has 2 aromatic carbocycles. The first-order chi connectivity index (χ1) is 14.5. The molecule has 1 N–H and O–H groups in total. The van der Waals surface area contributed by atoms with Gasteiger partial charge in [0.05, 0.1) is 12.2 Å². The molecule has 0 radical (unpaired) electrons. The molecule has 1 aliphatic heterocycles. The van der Waals surface area contributed by atoms with Gasteiger partial charge in [0, 0.05) is 36.1 Å². The predicted octanol–water partition coefficient (Wildman–Crippen LogP) is 4.12. The summed E-state index contributed by atoms with van der Waals surface area (Å²) < 4.78 is 1.99. The molecule has 1 atom stereocenters. The smallest absolute Gasteiger partial charge is 0.251 e. The Kier molecular flexibility index (Phi) is 5.88. The Labute approximate surface area is 178 Å². The average Bonchev–Trinajstić information content (AvgIpc) is 3.23. The van der Waals surface area contributed by atoms with E-state index in [1.54, 1.807) is 0 Å². The monoisotopic (exact) mass is 402 g/mol. The highest BCUT2D eigenvalue weighted by Gasteiger charge is 2.24. The molecule has 0 spiro atoms. The topological polar surface area (TPSA) is 50.2 Å². The molecule has 5 heteroatoms. The zero-order chi connectivity index (χ0) is 21.1. The van der Waals surface area contributed by atoms with Crippen LogP contribution in [0.3, 0.4) is 0 Å². The van der Waals surface area contributed by atoms with Crippen molar-refractivity contribution in [2.75, 3.05) is 18.0 Å². The van der Waals surface area contributed by atoms with Crippen molar-refractivity contribution in [3.05, 3.63) is 82.7 Å². The number of para-hydroxylation sites is 1. The van der Waals surface area contributed by atoms with Crippen molar-refractivity contribution in [3.63, 3.8) is 0 Å². The van der Waals surface area contributed by atoms with Gasteiger partial charge in [0.15, 0.2) is 0 Å². The van der Waals surface area contributed by atoms with E-state index in [2.05, 4.69) is 59.5 Å². The van der Waals surface area contributed by atoms with Gasteiger partial charge in [-0.3, -0.25) is 9.48 Å². The maximum absolute atomic E-state index is 12.5. The van der Waals surface area contributed by atoms with Crippen molar-refractivity contribution in [1.29, 1.82) is 0 Å². The van der Waals surface area contributed by atoms with E-state index in [4.69, 9.17) is 0 Å². The molecule has 0 saturated heterocycles. The molecular weight excluding hydrogens is 372 g/mol. The van der Waals surface area contributed by atoms with E-state index < -0.39 is 0 Å². The summed E-state index contributed by atoms with van der Waals surface area (Å²) in [6, 6.07) is 19.0. The van der Waals surface area contributed by atoms with Crippen LogP contribution in [0.25, 0.3) is 0 Å². The van der Waals surface area contributed by atoms with E-state index in [0.29, 0.717) is 18.2 Å². The Morgan fingerprint density at radius 2 is 1.90 bits per heavy atom. The molecule has 156 valence electrons. The third kappa shape index (κ3) is 4.40. The fourth-order valence-corrected chi connectivity index (χ4v) is 4.29. The Hall–Kier alpha value is -3.08. The number of benzene rings is 2. The SMILES string of the molecule is Cc1cc(C)n(Cc2ccc(C(=O)NCCCN3c4ccccc4C[C@H]3C)cc2)n1. The number of nitrogens with one attached hydrogen (secondary N) is 1. The second kappa shape index (κ2) is 8.74. The minimum atomic E-state index is -0.0115. The minimum absolute atomic E-state index is 0.0115. The number of fused-ring (bicyclic) bond motifs is 1. The van der Waals surface area contributed by atoms with Crippen LogP contribution in [0.2, 0.25) is 0 Å². The van der Waals surface area contributed by atoms with Crippen LogP contribution in [0.5, 0.6) is 0 Å². The van der Waals surface area contributed by atoms with Crippen molar-refractivity contribution >= 4 is 11.6 Å². The van der Waals surface area contributed by atoms with Gasteiger partial charge in [-0.2, -0.15) is 5.10 Å². The number of nitrogens with zero attached hydrogens (tertiary/aromatic N) is 3. The summed E-state index contributed by atoms with van der Waals surface area (Å²) in [7, 11) is 0. The molecule has 1 aliphatic rings. The first-order valence-corrected chi connectivity index (χ1v) is 10.7. The lowest BCUT2D eigenvalue weighted by atomic mass is 10.1. The number of anilines is 1. The number of hydrogen-bond donors (Lipinski definition) is 1. The van der Waals surface area contributed by atoms with E-state index in [1.165, 1.54) is 11.3 Å². The summed E-state index contributed by atoms with van der Waals surface area (Å²) in [6.45, 7) is 8.68. The molecule has 0 unspecified atom stereocenters. The van der Waals surface area contributed by atoms with Crippen LogP contribution >= 0.6 is 0 Å². The molecule has 0 fully saturated rings. The Morgan fingerprint density at radius 3 is 2.63 bits per heavy atom. The molecule has 1 amide bonds. The largest absolute Gasteiger partial charge is 0.368 e. The molecular formula is C25H30N4O. The second-order valence-corrected chi connectivity index (χ2v) is 8.27. The molecule has 4 rings (SSSR count). The Bertz CT molecular complexity index is 1020. The summed E-state index contributed by atoms with van der Waals surface area (Å²) >= 11 is 0. The highest BCUT2D eigenvalue weighted by Crippen LogP contribution is 2.31. The predicted molar refractivity (Wildman–Crippen MR) is 121 cm³/mol. The van der Waals surface area contributed by atoms with Crippen LogP contribution in [0.1, 0.15) is 46.2 Å². The van der Waals surface area contributed by atoms with Crippen molar-refractivity contribution in [2.24, 2.45) is 0 Å². The summed E-state index contributed by atoms with van der Waals surface area (Å²) in [5.74, 6) is -0.0115. The summed E-state index contributed by atoms with van der Waals surface area (Å²) in [5.41, 5.74) is 6.77. The number of aryl methyl sites for hydroxylation is 2. The van der Waals surface area contributed by atoms with Gasteiger partial charge < -0.3 is 10.2 Å². The van der Waals surface area contributed by atoms with Crippen LogP contribution in [0, 0.1) is 13.8 Å². The zero-order valence-electron chi connectivity index (χ0n) is 18.1. The molecule has 0 saturated carbocycles. The Morgan fingerprint density at radius 1 is 1.13 bits per heavy atom. The first kappa shape index (κ1) is 20.2. The molecule has 1 aromatic heterocycles. The van der Waals surface area contributed by atoms with Gasteiger partial charge in [-0.1, -0.05) is 30.3 Å². The third-order valence-electron chi connectivity index (χ3n) is 5.86. The van der Waals surface area contributed by atoms with Gasteiger partial charge in [-0.25, -0.2) is 0 Å². The quantitative estimate of drug-likeness (QED) is 0.605. The van der Waals surface area contributed by atoms with Gasteiger partial charge in [0.1, 0.15) is 0 Å². The maximum Gasteiger partial charge on any atom is 0.251 e. The molecule has 3 aromatic rings. The van der Waals surface area contributed by atoms with Gasteiger partial charge in [-0.15, -0.1) is 0 Å². The normalized spacial score (nSPS) is 15.3. The number of carbonyl (C=O) groups excluding carboxylic acids is 1. The number of carbonyl (C=O) groups is 1. The summed E-state index contributed by atoms with van der Waals surface area (Å²) in [4.78, 5) is 14.9. The molecule has 30 heavy (non-hydrogen) atoms. The van der Waals surface area contributed by atoms with Crippen molar-refractivity contribution in [2.45, 2.75) is 46.2 Å². The van der Waals surface area contributed by atoms with Crippen molar-refractivity contribution in [3.8, 4) is 0 Å². The molecule has 5 nitrogen and oxygen atoms in total. The Balaban J connectivity index is 1.26. The zero-order valence-corrected chi connectivity index (χ0v) is 18.1. The number of rotatable bonds is 7. The number of amides is 1. The highest BCUT2D eigenvalue weighted by atomic mass is 16.1. The van der Waals surface area contributed by atoms with E-state index in [0.717, 1.165) is 42.9 Å². The maximum atomic E-state index is 12.5. The van der Waals surface area contributed by atoms with E-state index >= 15 is 0 Å². The van der Waals surface area contributed by atoms with Gasteiger partial charge in [-0.05, 0) is 69.0 Å². The van der Waals surface area contributed by atoms with Crippen LogP contribution < -0.4 is 10.2 Å². The average molecular weight is 403 g/mol. The minimum Gasteiger partial charge on any atom is -0.368 e. The standard InChI is InChI=1S/C25H30N4O/c1-18-15-20(3)29(27-18)17-21-9-11-22(12-10-21)25(30)26-13-6-14-28-19(2)16-23-7-4-5-8-24(23)28/h4-5,7-12,15,19H,6,13-14,16-17H2,1-3H3,(H,26,30)/t19-/m1/s1. The van der Waals surface area contributed by atoms with E-state index in [-0.39, 0.29) is 5.91 Å². The lowest BCUT2D eigenvalue weighted by Gasteiger charge is -2.24. The number of hydrogen-bond acceptors (Lipinski definition) is 3. The molecule has 0 aliphatic carbocycles. The van der Waals surface area contributed by atoms with Gasteiger partial charge >= 0.3 is 0 Å². The lowest BCUT2D eigenvalue weighted by Crippen LogP contribution is -2.33. The molecule has 2 heterocycles. The van der Waals surface area contributed by atoms with Crippen LogP contribution in [-0.4, -0.2) is 34.8 Å². The van der Waals surface area contributed by atoms with Crippen LogP contribution in [-0.2, 0) is 13.0 Å². The lowest BCUT2D eigenvalue weighted by molar-refractivity contribution is 0.0953. The van der Waals surface area contributed by atoms with Gasteiger partial charge in [0.25, 0.3) is 5.91 Å². The summed E-state index contributed by atoms with van der Waals surface area (Å²) in [5, 5.41) is 7.56. The van der Waals surface area contributed by atoms with Gasteiger partial charge in [0.2, 0.25) is 0 Å². The fourth-order valence-electron chi connectivity index (χ4n) is 4.29. The van der Waals surface area contributed by atoms with E-state index in [9.17, 15) is 4.79 Å². The third-order valence-corrected chi connectivity index (χ3v) is 5.86. The fraction of sp³-hybridized carbons (Fsp3) is 0.360. The van der Waals surface area contributed by atoms with Crippen LogP contribution in [0.15, 0.2) is 54.6 Å². The van der Waals surface area contributed by atoms with E-state index in [1.807, 2.05) is 35.9 Å². The van der Waals surface area contributed by atoms with Crippen LogP contribution in [0.4, 0.5) is 5.69 Å². The second-order valence-electron chi connectivity index (χ2n) is 8.27. The number of aromatic nitrogens is 2. The van der Waals surface area contributed by atoms with Crippen molar-refractivity contribution in [1.82, 2.24) is 15.1 Å². The first-order valence-electron chi connectivity index (χ1n) is 10.7. The molecule has 0 bridgehead atoms.